The summed E-state index contributed by atoms with van der Waals surface area (Å²) in [6.45, 7) is 1.16. The predicted molar refractivity (Wildman–Crippen MR) is 64.6 cm³/mol. The molecule has 2 aromatic heterocycles. The minimum atomic E-state index is -0.513. The minimum Gasteiger partial charge on any atom is -0.386 e. The largest absolute Gasteiger partial charge is 0.386 e. The Balaban J connectivity index is 1.78. The summed E-state index contributed by atoms with van der Waals surface area (Å²) in [6.07, 6.45) is 2.87. The van der Waals surface area contributed by atoms with Crippen LogP contribution in [-0.4, -0.2) is 21.6 Å². The maximum atomic E-state index is 9.83. The van der Waals surface area contributed by atoms with Crippen LogP contribution in [0.1, 0.15) is 16.7 Å². The first-order valence-corrected chi connectivity index (χ1v) is 6.06. The first-order chi connectivity index (χ1) is 7.75. The van der Waals surface area contributed by atoms with Gasteiger partial charge in [-0.1, -0.05) is 11.6 Å². The third-order valence-corrected chi connectivity index (χ3v) is 3.46. The van der Waals surface area contributed by atoms with Crippen molar-refractivity contribution < 1.29 is 5.11 Å². The Hall–Kier alpha value is -0.880. The van der Waals surface area contributed by atoms with Gasteiger partial charge in [-0.2, -0.15) is 0 Å². The maximum Gasteiger partial charge on any atom is 0.101 e. The molecule has 0 aliphatic heterocycles. The van der Waals surface area contributed by atoms with E-state index in [0.29, 0.717) is 17.4 Å². The number of aromatic nitrogens is 2. The van der Waals surface area contributed by atoms with Crippen LogP contribution in [0.5, 0.6) is 0 Å². The normalized spacial score (nSPS) is 12.9. The van der Waals surface area contributed by atoms with Gasteiger partial charge in [0.05, 0.1) is 10.7 Å². The lowest BCUT2D eigenvalue weighted by atomic mass is 10.3. The van der Waals surface area contributed by atoms with Gasteiger partial charge in [-0.25, -0.2) is 4.98 Å². The van der Waals surface area contributed by atoms with Crippen LogP contribution < -0.4 is 5.32 Å². The SMILES string of the molecule is OC(CNCc1cnc[nH]1)c1ccc(Cl)s1. The molecule has 2 rings (SSSR count). The molecule has 0 saturated carbocycles. The van der Waals surface area contributed by atoms with Crippen molar-refractivity contribution in [2.45, 2.75) is 12.6 Å². The topological polar surface area (TPSA) is 60.9 Å². The number of halogens is 1. The van der Waals surface area contributed by atoms with Crippen LogP contribution >= 0.6 is 22.9 Å². The molecule has 0 amide bonds. The number of imidazole rings is 1. The van der Waals surface area contributed by atoms with Crippen molar-refractivity contribution >= 4 is 22.9 Å². The molecule has 0 radical (unpaired) electrons. The lowest BCUT2D eigenvalue weighted by molar-refractivity contribution is 0.178. The molecule has 6 heteroatoms. The van der Waals surface area contributed by atoms with Gasteiger partial charge in [-0.3, -0.25) is 0 Å². The van der Waals surface area contributed by atoms with Crippen molar-refractivity contribution in [1.82, 2.24) is 15.3 Å². The Labute approximate surface area is 102 Å². The number of H-pyrrole nitrogens is 1. The number of nitrogens with one attached hydrogen (secondary N) is 2. The van der Waals surface area contributed by atoms with E-state index in [1.807, 2.05) is 6.07 Å². The Bertz CT molecular complexity index is 429. The van der Waals surface area contributed by atoms with Gasteiger partial charge in [0.25, 0.3) is 0 Å². The average molecular weight is 258 g/mol. The summed E-state index contributed by atoms with van der Waals surface area (Å²) < 4.78 is 0.697. The zero-order valence-electron chi connectivity index (χ0n) is 8.48. The van der Waals surface area contributed by atoms with E-state index in [4.69, 9.17) is 11.6 Å². The van der Waals surface area contributed by atoms with Crippen molar-refractivity contribution in [3.63, 3.8) is 0 Å². The Kier molecular flexibility index (Phi) is 3.95. The molecule has 0 spiro atoms. The molecule has 0 bridgehead atoms. The van der Waals surface area contributed by atoms with E-state index in [9.17, 15) is 5.11 Å². The zero-order chi connectivity index (χ0) is 11.4. The summed E-state index contributed by atoms with van der Waals surface area (Å²) in [6, 6.07) is 3.63. The van der Waals surface area contributed by atoms with Gasteiger partial charge in [-0.05, 0) is 12.1 Å². The quantitative estimate of drug-likeness (QED) is 0.767. The van der Waals surface area contributed by atoms with Crippen LogP contribution in [0.25, 0.3) is 0 Å². The highest BCUT2D eigenvalue weighted by atomic mass is 35.5. The van der Waals surface area contributed by atoms with Crippen LogP contribution in [0.4, 0.5) is 0 Å². The second-order valence-electron chi connectivity index (χ2n) is 3.37. The third-order valence-electron chi connectivity index (χ3n) is 2.13. The molecule has 2 heterocycles. The van der Waals surface area contributed by atoms with Gasteiger partial charge in [0.2, 0.25) is 0 Å². The highest BCUT2D eigenvalue weighted by Crippen LogP contribution is 2.26. The van der Waals surface area contributed by atoms with Crippen molar-refractivity contribution in [2.75, 3.05) is 6.54 Å². The fourth-order valence-electron chi connectivity index (χ4n) is 1.33. The summed E-state index contributed by atoms with van der Waals surface area (Å²) in [5.74, 6) is 0. The van der Waals surface area contributed by atoms with Crippen LogP contribution in [0.2, 0.25) is 4.34 Å². The first-order valence-electron chi connectivity index (χ1n) is 4.87. The highest BCUT2D eigenvalue weighted by molar-refractivity contribution is 7.16. The van der Waals surface area contributed by atoms with Gasteiger partial charge in [0.15, 0.2) is 0 Å². The zero-order valence-corrected chi connectivity index (χ0v) is 10.1. The number of aromatic amines is 1. The van der Waals surface area contributed by atoms with E-state index in [0.717, 1.165) is 10.6 Å². The lowest BCUT2D eigenvalue weighted by Crippen LogP contribution is -2.20. The van der Waals surface area contributed by atoms with Crippen LogP contribution in [0.15, 0.2) is 24.7 Å². The van der Waals surface area contributed by atoms with Crippen molar-refractivity contribution in [2.24, 2.45) is 0 Å². The number of nitrogens with zero attached hydrogens (tertiary/aromatic N) is 1. The average Bonchev–Trinajstić information content (AvgIpc) is 2.89. The molecule has 3 N–H and O–H groups in total. The second-order valence-corrected chi connectivity index (χ2v) is 5.11. The Morgan fingerprint density at radius 2 is 2.44 bits per heavy atom. The fourth-order valence-corrected chi connectivity index (χ4v) is 2.38. The summed E-state index contributed by atoms with van der Waals surface area (Å²) >= 11 is 7.19. The minimum absolute atomic E-state index is 0.496. The number of rotatable bonds is 5. The van der Waals surface area contributed by atoms with Gasteiger partial charge in [-0.15, -0.1) is 11.3 Å². The molecule has 0 fully saturated rings. The maximum absolute atomic E-state index is 9.83. The van der Waals surface area contributed by atoms with E-state index in [-0.39, 0.29) is 0 Å². The van der Waals surface area contributed by atoms with Crippen molar-refractivity contribution in [3.05, 3.63) is 39.6 Å². The van der Waals surface area contributed by atoms with E-state index < -0.39 is 6.10 Å². The van der Waals surface area contributed by atoms with Crippen LogP contribution in [-0.2, 0) is 6.54 Å². The summed E-state index contributed by atoms with van der Waals surface area (Å²) in [5, 5.41) is 13.0. The van der Waals surface area contributed by atoms with Gasteiger partial charge in [0, 0.05) is 29.9 Å². The van der Waals surface area contributed by atoms with E-state index >= 15 is 0 Å². The van der Waals surface area contributed by atoms with E-state index in [2.05, 4.69) is 15.3 Å². The van der Waals surface area contributed by atoms with E-state index in [1.165, 1.54) is 11.3 Å². The molecule has 86 valence electrons. The molecule has 16 heavy (non-hydrogen) atoms. The third kappa shape index (κ3) is 3.05. The molecule has 2 aromatic rings. The predicted octanol–water partition coefficient (Wildman–Crippen LogP) is 1.95. The Morgan fingerprint density at radius 1 is 1.56 bits per heavy atom. The molecule has 1 unspecified atom stereocenters. The Morgan fingerprint density at radius 3 is 3.06 bits per heavy atom. The lowest BCUT2D eigenvalue weighted by Gasteiger charge is -2.08. The molecule has 1 atom stereocenters. The van der Waals surface area contributed by atoms with Crippen molar-refractivity contribution in [3.8, 4) is 0 Å². The summed E-state index contributed by atoms with van der Waals surface area (Å²) in [4.78, 5) is 7.77. The number of hydrogen-bond donors (Lipinski definition) is 3. The van der Waals surface area contributed by atoms with Gasteiger partial charge < -0.3 is 15.4 Å². The highest BCUT2D eigenvalue weighted by Gasteiger charge is 2.09. The monoisotopic (exact) mass is 257 g/mol. The smallest absolute Gasteiger partial charge is 0.101 e. The molecule has 0 aromatic carbocycles. The van der Waals surface area contributed by atoms with Crippen molar-refractivity contribution in [1.29, 1.82) is 0 Å². The molecule has 0 saturated heterocycles. The molecular weight excluding hydrogens is 246 g/mol. The fraction of sp³-hybridized carbons (Fsp3) is 0.300. The molecule has 4 nitrogen and oxygen atoms in total. The molecular formula is C10H12ClN3OS. The van der Waals surface area contributed by atoms with Crippen LogP contribution in [0, 0.1) is 0 Å². The standard InChI is InChI=1S/C10H12ClN3OS/c11-10-2-1-9(16-10)8(15)5-12-3-7-4-13-6-14-7/h1-2,4,6,8,12,15H,3,5H2,(H,13,14). The van der Waals surface area contributed by atoms with Gasteiger partial charge in [0.1, 0.15) is 6.10 Å². The number of hydrogen-bond acceptors (Lipinski definition) is 4. The first kappa shape index (κ1) is 11.6. The van der Waals surface area contributed by atoms with E-state index in [1.54, 1.807) is 18.6 Å². The number of aliphatic hydroxyl groups is 1. The number of aliphatic hydroxyl groups excluding tert-OH is 1. The molecule has 0 aliphatic carbocycles. The summed E-state index contributed by atoms with van der Waals surface area (Å²) in [5.41, 5.74) is 0.997. The molecule has 0 aliphatic rings. The number of thiophene rings is 1. The summed E-state index contributed by atoms with van der Waals surface area (Å²) in [7, 11) is 0. The van der Waals surface area contributed by atoms with Crippen LogP contribution in [0.3, 0.4) is 0 Å². The second kappa shape index (κ2) is 5.45. The van der Waals surface area contributed by atoms with Gasteiger partial charge >= 0.3 is 0 Å².